The second kappa shape index (κ2) is 4.78. The third kappa shape index (κ3) is 2.44. The Morgan fingerprint density at radius 3 is 2.78 bits per heavy atom. The first kappa shape index (κ1) is 13.2. The summed E-state index contributed by atoms with van der Waals surface area (Å²) >= 11 is 0. The maximum Gasteiger partial charge on any atom is 0.337 e. The molecule has 0 atom stereocenters. The highest BCUT2D eigenvalue weighted by atomic mass is 35.7. The molecule has 0 spiro atoms. The summed E-state index contributed by atoms with van der Waals surface area (Å²) in [4.78, 5) is 11.3. The Bertz CT molecular complexity index is 594. The number of esters is 1. The van der Waals surface area contributed by atoms with Gasteiger partial charge in [-0.15, -0.1) is 0 Å². The predicted molar refractivity (Wildman–Crippen MR) is 64.6 cm³/mol. The van der Waals surface area contributed by atoms with E-state index in [-0.39, 0.29) is 16.2 Å². The first-order chi connectivity index (χ1) is 8.43. The molecule has 0 aliphatic carbocycles. The minimum absolute atomic E-state index is 0.154. The third-order valence-electron chi connectivity index (χ3n) is 2.65. The molecule has 1 heterocycles. The number of aryl methyl sites for hydroxylation is 1. The lowest BCUT2D eigenvalue weighted by atomic mass is 10.0. The molecule has 1 aromatic rings. The van der Waals surface area contributed by atoms with E-state index in [2.05, 4.69) is 4.74 Å². The van der Waals surface area contributed by atoms with Crippen molar-refractivity contribution in [1.82, 2.24) is 0 Å². The second-order valence-electron chi connectivity index (χ2n) is 3.84. The Kier molecular flexibility index (Phi) is 3.49. The standard InChI is InChI=1S/C11H11ClO5S/c1-16-11(13)8-5-7-3-2-4-17-10(7)9(6-8)18(12,14)15/h5-6H,2-4H2,1H3. The molecule has 5 nitrogen and oxygen atoms in total. The van der Waals surface area contributed by atoms with Crippen LogP contribution in [0.3, 0.4) is 0 Å². The fourth-order valence-corrected chi connectivity index (χ4v) is 2.89. The molecule has 2 rings (SSSR count). The van der Waals surface area contributed by atoms with E-state index in [9.17, 15) is 13.2 Å². The van der Waals surface area contributed by atoms with Gasteiger partial charge in [0.1, 0.15) is 10.6 Å². The number of hydrogen-bond acceptors (Lipinski definition) is 5. The lowest BCUT2D eigenvalue weighted by Crippen LogP contribution is -2.14. The van der Waals surface area contributed by atoms with Gasteiger partial charge in [-0.05, 0) is 30.5 Å². The Labute approximate surface area is 109 Å². The van der Waals surface area contributed by atoms with Crippen LogP contribution in [0.15, 0.2) is 17.0 Å². The van der Waals surface area contributed by atoms with E-state index in [1.807, 2.05) is 0 Å². The molecule has 7 heteroatoms. The molecule has 0 N–H and O–H groups in total. The van der Waals surface area contributed by atoms with E-state index >= 15 is 0 Å². The van der Waals surface area contributed by atoms with Gasteiger partial charge in [-0.3, -0.25) is 0 Å². The van der Waals surface area contributed by atoms with Crippen LogP contribution >= 0.6 is 10.7 Å². The highest BCUT2D eigenvalue weighted by Crippen LogP contribution is 2.35. The van der Waals surface area contributed by atoms with E-state index in [0.29, 0.717) is 18.6 Å². The lowest BCUT2D eigenvalue weighted by molar-refractivity contribution is 0.0600. The summed E-state index contributed by atoms with van der Waals surface area (Å²) in [5.74, 6) is -0.367. The summed E-state index contributed by atoms with van der Waals surface area (Å²) in [6.07, 6.45) is 1.40. The molecule has 0 bridgehead atoms. The Morgan fingerprint density at radius 2 is 2.17 bits per heavy atom. The number of ether oxygens (including phenoxy) is 2. The van der Waals surface area contributed by atoms with Crippen LogP contribution in [-0.4, -0.2) is 28.1 Å². The first-order valence-electron chi connectivity index (χ1n) is 5.26. The van der Waals surface area contributed by atoms with Gasteiger partial charge in [0.25, 0.3) is 9.05 Å². The van der Waals surface area contributed by atoms with Crippen LogP contribution in [0.25, 0.3) is 0 Å². The molecule has 0 amide bonds. The highest BCUT2D eigenvalue weighted by Gasteiger charge is 2.25. The first-order valence-corrected chi connectivity index (χ1v) is 7.57. The van der Waals surface area contributed by atoms with Crippen molar-refractivity contribution in [3.63, 3.8) is 0 Å². The van der Waals surface area contributed by atoms with Crippen molar-refractivity contribution in [1.29, 1.82) is 0 Å². The Balaban J connectivity index is 2.66. The van der Waals surface area contributed by atoms with Crippen molar-refractivity contribution in [3.8, 4) is 5.75 Å². The number of rotatable bonds is 2. The lowest BCUT2D eigenvalue weighted by Gasteiger charge is -2.20. The molecule has 98 valence electrons. The van der Waals surface area contributed by atoms with Crippen LogP contribution in [0, 0.1) is 0 Å². The fraction of sp³-hybridized carbons (Fsp3) is 0.364. The Hall–Kier alpha value is -1.27. The van der Waals surface area contributed by atoms with E-state index in [1.54, 1.807) is 6.07 Å². The molecule has 18 heavy (non-hydrogen) atoms. The molecular formula is C11H11ClO5S. The topological polar surface area (TPSA) is 69.7 Å². The largest absolute Gasteiger partial charge is 0.492 e. The van der Waals surface area contributed by atoms with Crippen LogP contribution in [0.5, 0.6) is 5.75 Å². The zero-order valence-electron chi connectivity index (χ0n) is 9.60. The fourth-order valence-electron chi connectivity index (χ4n) is 1.86. The molecule has 0 fully saturated rings. The number of benzene rings is 1. The van der Waals surface area contributed by atoms with Crippen molar-refractivity contribution in [2.45, 2.75) is 17.7 Å². The quantitative estimate of drug-likeness (QED) is 0.613. The van der Waals surface area contributed by atoms with E-state index < -0.39 is 15.0 Å². The zero-order chi connectivity index (χ0) is 13.3. The number of fused-ring (bicyclic) bond motifs is 1. The minimum Gasteiger partial charge on any atom is -0.492 e. The monoisotopic (exact) mass is 290 g/mol. The second-order valence-corrected chi connectivity index (χ2v) is 6.38. The van der Waals surface area contributed by atoms with Crippen molar-refractivity contribution in [3.05, 3.63) is 23.3 Å². The van der Waals surface area contributed by atoms with Gasteiger partial charge < -0.3 is 9.47 Å². The number of carbonyl (C=O) groups is 1. The van der Waals surface area contributed by atoms with E-state index in [4.69, 9.17) is 15.4 Å². The van der Waals surface area contributed by atoms with Gasteiger partial charge in [0, 0.05) is 10.7 Å². The van der Waals surface area contributed by atoms with Crippen molar-refractivity contribution >= 4 is 25.7 Å². The van der Waals surface area contributed by atoms with Crippen LogP contribution in [0.2, 0.25) is 0 Å². The van der Waals surface area contributed by atoms with Gasteiger partial charge in [0.2, 0.25) is 0 Å². The summed E-state index contributed by atoms with van der Waals surface area (Å²) in [6, 6.07) is 2.75. The third-order valence-corrected chi connectivity index (χ3v) is 3.98. The average Bonchev–Trinajstić information content (AvgIpc) is 2.35. The number of carbonyl (C=O) groups excluding carboxylic acids is 1. The van der Waals surface area contributed by atoms with E-state index in [0.717, 1.165) is 6.42 Å². The molecule has 0 radical (unpaired) electrons. The highest BCUT2D eigenvalue weighted by molar-refractivity contribution is 8.13. The molecular weight excluding hydrogens is 280 g/mol. The van der Waals surface area contributed by atoms with Crippen molar-refractivity contribution in [2.75, 3.05) is 13.7 Å². The van der Waals surface area contributed by atoms with Crippen LogP contribution in [-0.2, 0) is 20.2 Å². The normalized spacial score (nSPS) is 14.6. The van der Waals surface area contributed by atoms with Gasteiger partial charge in [-0.1, -0.05) is 0 Å². The molecule has 1 aliphatic rings. The number of methoxy groups -OCH3 is 1. The summed E-state index contributed by atoms with van der Waals surface area (Å²) in [7, 11) is 2.62. The van der Waals surface area contributed by atoms with Crippen molar-refractivity contribution < 1.29 is 22.7 Å². The molecule has 0 saturated carbocycles. The van der Waals surface area contributed by atoms with Crippen LogP contribution < -0.4 is 4.74 Å². The SMILES string of the molecule is COC(=O)c1cc2c(c(S(=O)(=O)Cl)c1)OCCC2. The van der Waals surface area contributed by atoms with Crippen LogP contribution in [0.1, 0.15) is 22.3 Å². The van der Waals surface area contributed by atoms with Gasteiger partial charge in [-0.25, -0.2) is 13.2 Å². The maximum absolute atomic E-state index is 11.5. The molecule has 0 aromatic heterocycles. The zero-order valence-corrected chi connectivity index (χ0v) is 11.2. The van der Waals surface area contributed by atoms with Crippen molar-refractivity contribution in [2.24, 2.45) is 0 Å². The van der Waals surface area contributed by atoms with Gasteiger partial charge >= 0.3 is 5.97 Å². The summed E-state index contributed by atoms with van der Waals surface area (Å²) in [5.41, 5.74) is 0.810. The van der Waals surface area contributed by atoms with E-state index in [1.165, 1.54) is 13.2 Å². The molecule has 0 unspecified atom stereocenters. The summed E-state index contributed by atoms with van der Waals surface area (Å²) in [6.45, 7) is 0.435. The van der Waals surface area contributed by atoms with Gasteiger partial charge in [0.15, 0.2) is 0 Å². The predicted octanol–water partition coefficient (Wildman–Crippen LogP) is 1.73. The molecule has 1 aliphatic heterocycles. The number of hydrogen-bond donors (Lipinski definition) is 0. The number of halogens is 1. The molecule has 1 aromatic carbocycles. The minimum atomic E-state index is -3.97. The Morgan fingerprint density at radius 1 is 1.44 bits per heavy atom. The van der Waals surface area contributed by atoms with Gasteiger partial charge in [-0.2, -0.15) is 0 Å². The van der Waals surface area contributed by atoms with Crippen LogP contribution in [0.4, 0.5) is 0 Å². The maximum atomic E-state index is 11.5. The average molecular weight is 291 g/mol. The smallest absolute Gasteiger partial charge is 0.337 e. The molecule has 0 saturated heterocycles. The summed E-state index contributed by atoms with van der Waals surface area (Å²) in [5, 5.41) is 0. The summed E-state index contributed by atoms with van der Waals surface area (Å²) < 4.78 is 32.9. The van der Waals surface area contributed by atoms with Gasteiger partial charge in [0.05, 0.1) is 19.3 Å².